The van der Waals surface area contributed by atoms with Crippen molar-refractivity contribution < 1.29 is 4.79 Å². The number of carbonyl (C=O) groups is 1. The molecular formula is C23H19NO. The Balaban J connectivity index is 1.96. The monoisotopic (exact) mass is 325 g/mol. The van der Waals surface area contributed by atoms with Crippen LogP contribution in [0.15, 0.2) is 91.0 Å². The molecule has 0 aliphatic heterocycles. The van der Waals surface area contributed by atoms with Gasteiger partial charge < -0.3 is 0 Å². The van der Waals surface area contributed by atoms with Crippen molar-refractivity contribution in [2.45, 2.75) is 18.3 Å². The minimum Gasteiger partial charge on any atom is -0.294 e. The van der Waals surface area contributed by atoms with Crippen LogP contribution in [0.4, 0.5) is 0 Å². The minimum absolute atomic E-state index is 0.0608. The third kappa shape index (κ3) is 4.02. The molecule has 25 heavy (non-hydrogen) atoms. The number of nitrogens with zero attached hydrogens (tertiary/aromatic N) is 1. The fourth-order valence-corrected chi connectivity index (χ4v) is 3.13. The van der Waals surface area contributed by atoms with Gasteiger partial charge in [-0.15, -0.1) is 0 Å². The molecule has 0 aromatic heterocycles. The Bertz CT molecular complexity index is 851. The summed E-state index contributed by atoms with van der Waals surface area (Å²) in [4.78, 5) is 12.8. The van der Waals surface area contributed by atoms with Gasteiger partial charge in [-0.2, -0.15) is 5.26 Å². The van der Waals surface area contributed by atoms with Crippen molar-refractivity contribution >= 4 is 5.78 Å². The van der Waals surface area contributed by atoms with Gasteiger partial charge in [0.15, 0.2) is 5.78 Å². The number of benzene rings is 3. The Labute approximate surface area is 148 Å². The van der Waals surface area contributed by atoms with E-state index in [0.29, 0.717) is 12.0 Å². The fourth-order valence-electron chi connectivity index (χ4n) is 3.13. The SMILES string of the molecule is N#C[C@@H](c1ccccc1)[C@@H](CC(=O)c1ccccc1)c1ccccc1. The Hall–Kier alpha value is -3.18. The van der Waals surface area contributed by atoms with Crippen LogP contribution in [0.3, 0.4) is 0 Å². The van der Waals surface area contributed by atoms with Crippen LogP contribution < -0.4 is 0 Å². The first kappa shape index (κ1) is 16.7. The predicted molar refractivity (Wildman–Crippen MR) is 99.4 cm³/mol. The van der Waals surface area contributed by atoms with E-state index in [-0.39, 0.29) is 17.6 Å². The molecule has 3 aromatic carbocycles. The molecule has 0 aliphatic carbocycles. The van der Waals surface area contributed by atoms with Gasteiger partial charge in [0.1, 0.15) is 0 Å². The van der Waals surface area contributed by atoms with Crippen LogP contribution in [-0.2, 0) is 0 Å². The molecule has 2 nitrogen and oxygen atoms in total. The lowest BCUT2D eigenvalue weighted by Crippen LogP contribution is -2.15. The average Bonchev–Trinajstić information content (AvgIpc) is 2.70. The molecule has 0 bridgehead atoms. The third-order valence-electron chi connectivity index (χ3n) is 4.43. The molecular weight excluding hydrogens is 306 g/mol. The predicted octanol–water partition coefficient (Wildman–Crippen LogP) is 5.35. The lowest BCUT2D eigenvalue weighted by molar-refractivity contribution is 0.0972. The first-order valence-electron chi connectivity index (χ1n) is 8.37. The molecule has 0 fully saturated rings. The highest BCUT2D eigenvalue weighted by Crippen LogP contribution is 2.36. The number of ketones is 1. The molecule has 122 valence electrons. The second-order valence-electron chi connectivity index (χ2n) is 6.03. The highest BCUT2D eigenvalue weighted by molar-refractivity contribution is 5.96. The van der Waals surface area contributed by atoms with Gasteiger partial charge in [0.05, 0.1) is 12.0 Å². The molecule has 2 atom stereocenters. The number of hydrogen-bond acceptors (Lipinski definition) is 2. The summed E-state index contributed by atoms with van der Waals surface area (Å²) >= 11 is 0. The van der Waals surface area contributed by atoms with Crippen molar-refractivity contribution in [3.8, 4) is 6.07 Å². The lowest BCUT2D eigenvalue weighted by Gasteiger charge is -2.22. The highest BCUT2D eigenvalue weighted by Gasteiger charge is 2.27. The summed E-state index contributed by atoms with van der Waals surface area (Å²) < 4.78 is 0. The van der Waals surface area contributed by atoms with E-state index in [1.54, 1.807) is 0 Å². The molecule has 3 aromatic rings. The maximum Gasteiger partial charge on any atom is 0.163 e. The molecule has 0 heterocycles. The van der Waals surface area contributed by atoms with E-state index < -0.39 is 0 Å². The number of carbonyl (C=O) groups excluding carboxylic acids is 1. The largest absolute Gasteiger partial charge is 0.294 e. The minimum atomic E-state index is -0.365. The molecule has 3 rings (SSSR count). The van der Waals surface area contributed by atoms with Gasteiger partial charge in [-0.25, -0.2) is 0 Å². The molecule has 0 saturated heterocycles. The third-order valence-corrected chi connectivity index (χ3v) is 4.43. The van der Waals surface area contributed by atoms with Crippen LogP contribution >= 0.6 is 0 Å². The van der Waals surface area contributed by atoms with Crippen molar-refractivity contribution in [3.63, 3.8) is 0 Å². The Kier molecular flexibility index (Phi) is 5.39. The number of nitriles is 1. The molecule has 0 saturated carbocycles. The molecule has 0 spiro atoms. The quantitative estimate of drug-likeness (QED) is 0.573. The van der Waals surface area contributed by atoms with Gasteiger partial charge in [0.25, 0.3) is 0 Å². The number of hydrogen-bond donors (Lipinski definition) is 0. The zero-order chi connectivity index (χ0) is 17.5. The molecule has 0 N–H and O–H groups in total. The maximum atomic E-state index is 12.8. The van der Waals surface area contributed by atoms with E-state index in [1.165, 1.54) is 0 Å². The van der Waals surface area contributed by atoms with Gasteiger partial charge in [-0.05, 0) is 11.1 Å². The normalized spacial score (nSPS) is 12.8. The van der Waals surface area contributed by atoms with Crippen LogP contribution in [0.25, 0.3) is 0 Å². The first-order chi connectivity index (χ1) is 12.3. The van der Waals surface area contributed by atoms with E-state index in [9.17, 15) is 10.1 Å². The smallest absolute Gasteiger partial charge is 0.163 e. The van der Waals surface area contributed by atoms with E-state index in [0.717, 1.165) is 11.1 Å². The summed E-state index contributed by atoms with van der Waals surface area (Å²) in [6, 6.07) is 31.3. The fraction of sp³-hybridized carbons (Fsp3) is 0.130. The zero-order valence-electron chi connectivity index (χ0n) is 13.9. The van der Waals surface area contributed by atoms with Crippen LogP contribution in [0.2, 0.25) is 0 Å². The zero-order valence-corrected chi connectivity index (χ0v) is 13.9. The Morgan fingerprint density at radius 2 is 1.24 bits per heavy atom. The van der Waals surface area contributed by atoms with E-state index in [4.69, 9.17) is 0 Å². The van der Waals surface area contributed by atoms with Crippen molar-refractivity contribution in [2.75, 3.05) is 0 Å². The summed E-state index contributed by atoms with van der Waals surface area (Å²) in [6.45, 7) is 0. The summed E-state index contributed by atoms with van der Waals surface area (Å²) in [5.41, 5.74) is 2.65. The van der Waals surface area contributed by atoms with Gasteiger partial charge in [0.2, 0.25) is 0 Å². The van der Waals surface area contributed by atoms with Crippen LogP contribution in [0, 0.1) is 11.3 Å². The van der Waals surface area contributed by atoms with Crippen LogP contribution in [0.5, 0.6) is 0 Å². The van der Waals surface area contributed by atoms with E-state index >= 15 is 0 Å². The van der Waals surface area contributed by atoms with Gasteiger partial charge in [-0.3, -0.25) is 4.79 Å². The second kappa shape index (κ2) is 8.08. The maximum absolute atomic E-state index is 12.8. The van der Waals surface area contributed by atoms with Crippen molar-refractivity contribution in [1.29, 1.82) is 5.26 Å². The average molecular weight is 325 g/mol. The molecule has 0 radical (unpaired) electrons. The Morgan fingerprint density at radius 3 is 1.76 bits per heavy atom. The summed E-state index contributed by atoms with van der Waals surface area (Å²) in [5, 5.41) is 9.83. The standard InChI is InChI=1S/C23H19NO/c24-17-22(19-12-6-2-7-13-19)21(18-10-4-1-5-11-18)16-23(25)20-14-8-3-9-15-20/h1-15,21-22H,16H2/t21-,22-/m0/s1. The topological polar surface area (TPSA) is 40.9 Å². The summed E-state index contributed by atoms with van der Waals surface area (Å²) in [5.74, 6) is -0.483. The summed E-state index contributed by atoms with van der Waals surface area (Å²) in [7, 11) is 0. The van der Waals surface area contributed by atoms with Gasteiger partial charge >= 0.3 is 0 Å². The van der Waals surface area contributed by atoms with Crippen LogP contribution in [-0.4, -0.2) is 5.78 Å². The highest BCUT2D eigenvalue weighted by atomic mass is 16.1. The molecule has 2 heteroatoms. The molecule has 0 amide bonds. The summed E-state index contributed by atoms with van der Waals surface area (Å²) in [6.07, 6.45) is 0.307. The van der Waals surface area contributed by atoms with Gasteiger partial charge in [-0.1, -0.05) is 91.0 Å². The lowest BCUT2D eigenvalue weighted by atomic mass is 9.78. The van der Waals surface area contributed by atoms with Crippen molar-refractivity contribution in [3.05, 3.63) is 108 Å². The Morgan fingerprint density at radius 1 is 0.760 bits per heavy atom. The van der Waals surface area contributed by atoms with E-state index in [1.807, 2.05) is 91.0 Å². The van der Waals surface area contributed by atoms with Crippen molar-refractivity contribution in [1.82, 2.24) is 0 Å². The first-order valence-corrected chi connectivity index (χ1v) is 8.37. The second-order valence-corrected chi connectivity index (χ2v) is 6.03. The number of Topliss-reactive ketones (excluding diaryl/α,β-unsaturated/α-hetero) is 1. The van der Waals surface area contributed by atoms with Gasteiger partial charge in [0, 0.05) is 17.9 Å². The number of rotatable bonds is 6. The van der Waals surface area contributed by atoms with Crippen LogP contribution in [0.1, 0.15) is 39.7 Å². The molecule has 0 aliphatic rings. The van der Waals surface area contributed by atoms with Crippen molar-refractivity contribution in [2.24, 2.45) is 0 Å². The van der Waals surface area contributed by atoms with E-state index in [2.05, 4.69) is 6.07 Å². The molecule has 0 unspecified atom stereocenters.